The van der Waals surface area contributed by atoms with E-state index in [0.717, 1.165) is 21.2 Å². The average molecular weight is 326 g/mol. The van der Waals surface area contributed by atoms with E-state index in [1.54, 1.807) is 6.07 Å². The van der Waals surface area contributed by atoms with E-state index in [-0.39, 0.29) is 0 Å². The summed E-state index contributed by atoms with van der Waals surface area (Å²) in [7, 11) is 0. The summed E-state index contributed by atoms with van der Waals surface area (Å²) < 4.78 is 0.834. The normalized spacial score (nSPS) is 12.5. The highest BCUT2D eigenvalue weighted by atomic mass is 79.9. The maximum atomic E-state index is 10.4. The Morgan fingerprint density at radius 2 is 1.83 bits per heavy atom. The molecule has 2 rings (SSSR count). The van der Waals surface area contributed by atoms with Gasteiger partial charge in [0, 0.05) is 4.47 Å². The van der Waals surface area contributed by atoms with Crippen LogP contribution in [0.15, 0.2) is 40.9 Å². The van der Waals surface area contributed by atoms with Crippen molar-refractivity contribution in [3.8, 4) is 0 Å². The van der Waals surface area contributed by atoms with Crippen molar-refractivity contribution in [3.05, 3.63) is 68.1 Å². The molecule has 18 heavy (non-hydrogen) atoms. The molecule has 0 heterocycles. The van der Waals surface area contributed by atoms with E-state index in [1.165, 1.54) is 5.56 Å². The first kappa shape index (κ1) is 13.6. The number of hydrogen-bond acceptors (Lipinski definition) is 1. The second-order valence-electron chi connectivity index (χ2n) is 4.44. The monoisotopic (exact) mass is 324 g/mol. The molecule has 1 atom stereocenters. The minimum absolute atomic E-state index is 0.608. The van der Waals surface area contributed by atoms with Crippen molar-refractivity contribution in [1.29, 1.82) is 0 Å². The molecule has 0 bridgehead atoms. The standard InChI is InChI=1S/C15H14BrClO/c1-9-3-5-12(10(2)7-9)15(18)11-4-6-13(16)14(17)8-11/h3-8,15,18H,1-2H3. The smallest absolute Gasteiger partial charge is 0.104 e. The van der Waals surface area contributed by atoms with Crippen molar-refractivity contribution in [3.63, 3.8) is 0 Å². The summed E-state index contributed by atoms with van der Waals surface area (Å²) in [6.07, 6.45) is -0.642. The van der Waals surface area contributed by atoms with E-state index in [9.17, 15) is 5.11 Å². The fourth-order valence-electron chi connectivity index (χ4n) is 1.99. The van der Waals surface area contributed by atoms with E-state index >= 15 is 0 Å². The molecule has 0 spiro atoms. The van der Waals surface area contributed by atoms with Gasteiger partial charge in [0.05, 0.1) is 5.02 Å². The highest BCUT2D eigenvalue weighted by Gasteiger charge is 2.13. The molecule has 1 nitrogen and oxygen atoms in total. The van der Waals surface area contributed by atoms with Gasteiger partial charge in [-0.3, -0.25) is 0 Å². The fraction of sp³-hybridized carbons (Fsp3) is 0.200. The Bertz CT molecular complexity index is 581. The summed E-state index contributed by atoms with van der Waals surface area (Å²) in [6.45, 7) is 4.05. The second-order valence-corrected chi connectivity index (χ2v) is 5.70. The van der Waals surface area contributed by atoms with Crippen LogP contribution in [0.2, 0.25) is 5.02 Å². The zero-order valence-corrected chi connectivity index (χ0v) is 12.6. The molecule has 0 fully saturated rings. The highest BCUT2D eigenvalue weighted by molar-refractivity contribution is 9.10. The van der Waals surface area contributed by atoms with Crippen LogP contribution < -0.4 is 0 Å². The van der Waals surface area contributed by atoms with Gasteiger partial charge in [0.25, 0.3) is 0 Å². The highest BCUT2D eigenvalue weighted by Crippen LogP contribution is 2.30. The molecule has 2 aromatic carbocycles. The van der Waals surface area contributed by atoms with Crippen LogP contribution in [0.4, 0.5) is 0 Å². The van der Waals surface area contributed by atoms with Gasteiger partial charge in [-0.25, -0.2) is 0 Å². The summed E-state index contributed by atoms with van der Waals surface area (Å²) in [5, 5.41) is 11.0. The Kier molecular flexibility index (Phi) is 4.10. The maximum Gasteiger partial charge on any atom is 0.104 e. The number of aliphatic hydroxyl groups excluding tert-OH is 1. The summed E-state index contributed by atoms with van der Waals surface area (Å²) in [4.78, 5) is 0. The van der Waals surface area contributed by atoms with Crippen molar-refractivity contribution in [2.24, 2.45) is 0 Å². The van der Waals surface area contributed by atoms with E-state index in [0.29, 0.717) is 5.02 Å². The summed E-state index contributed by atoms with van der Waals surface area (Å²) in [6, 6.07) is 11.6. The lowest BCUT2D eigenvalue weighted by Gasteiger charge is -2.15. The molecule has 3 heteroatoms. The summed E-state index contributed by atoms with van der Waals surface area (Å²) >= 11 is 9.40. The third-order valence-corrected chi connectivity index (χ3v) is 4.21. The van der Waals surface area contributed by atoms with Gasteiger partial charge in [0.1, 0.15) is 6.10 Å². The predicted molar refractivity (Wildman–Crippen MR) is 79.1 cm³/mol. The van der Waals surface area contributed by atoms with Crippen molar-refractivity contribution in [2.75, 3.05) is 0 Å². The molecule has 1 unspecified atom stereocenters. The van der Waals surface area contributed by atoms with Crippen LogP contribution in [0.25, 0.3) is 0 Å². The molecule has 0 radical (unpaired) electrons. The first-order valence-corrected chi connectivity index (χ1v) is 6.86. The van der Waals surface area contributed by atoms with Crippen LogP contribution >= 0.6 is 27.5 Å². The molecule has 0 aliphatic rings. The Morgan fingerprint density at radius 1 is 1.11 bits per heavy atom. The Hall–Kier alpha value is -0.830. The predicted octanol–water partition coefficient (Wildman–Crippen LogP) is 4.80. The van der Waals surface area contributed by atoms with Gasteiger partial charge in [0.15, 0.2) is 0 Å². The van der Waals surface area contributed by atoms with Crippen LogP contribution in [0.1, 0.15) is 28.4 Å². The van der Waals surface area contributed by atoms with Crippen molar-refractivity contribution < 1.29 is 5.11 Å². The first-order chi connectivity index (χ1) is 8.49. The van der Waals surface area contributed by atoms with Crippen LogP contribution in [0.5, 0.6) is 0 Å². The fourth-order valence-corrected chi connectivity index (χ4v) is 2.43. The second kappa shape index (κ2) is 5.43. The zero-order valence-electron chi connectivity index (χ0n) is 10.2. The molecule has 94 valence electrons. The Labute approximate surface area is 121 Å². The number of aliphatic hydroxyl groups is 1. The zero-order chi connectivity index (χ0) is 13.3. The third kappa shape index (κ3) is 2.77. The van der Waals surface area contributed by atoms with Gasteiger partial charge in [0.2, 0.25) is 0 Å². The Balaban J connectivity index is 2.41. The molecule has 0 aliphatic heterocycles. The summed E-state index contributed by atoms with van der Waals surface area (Å²) in [5.74, 6) is 0. The van der Waals surface area contributed by atoms with Crippen molar-refractivity contribution in [2.45, 2.75) is 20.0 Å². The lowest BCUT2D eigenvalue weighted by molar-refractivity contribution is 0.219. The average Bonchev–Trinajstić information content (AvgIpc) is 2.32. The number of aryl methyl sites for hydroxylation is 2. The summed E-state index contributed by atoms with van der Waals surface area (Å²) in [5.41, 5.74) is 3.99. The van der Waals surface area contributed by atoms with Crippen molar-refractivity contribution >= 4 is 27.5 Å². The van der Waals surface area contributed by atoms with Crippen LogP contribution in [-0.2, 0) is 0 Å². The molecule has 1 N–H and O–H groups in total. The van der Waals surface area contributed by atoms with Gasteiger partial charge in [-0.05, 0) is 58.6 Å². The van der Waals surface area contributed by atoms with Crippen LogP contribution in [0.3, 0.4) is 0 Å². The number of hydrogen-bond donors (Lipinski definition) is 1. The van der Waals surface area contributed by atoms with E-state index in [2.05, 4.69) is 22.0 Å². The number of halogens is 2. The van der Waals surface area contributed by atoms with Crippen molar-refractivity contribution in [1.82, 2.24) is 0 Å². The molecule has 0 amide bonds. The lowest BCUT2D eigenvalue weighted by Crippen LogP contribution is -2.02. The van der Waals surface area contributed by atoms with Crippen LogP contribution in [-0.4, -0.2) is 5.11 Å². The van der Waals surface area contributed by atoms with E-state index < -0.39 is 6.10 Å². The van der Waals surface area contributed by atoms with Crippen LogP contribution in [0, 0.1) is 13.8 Å². The van der Waals surface area contributed by atoms with E-state index in [4.69, 9.17) is 11.6 Å². The van der Waals surface area contributed by atoms with Gasteiger partial charge in [-0.2, -0.15) is 0 Å². The minimum Gasteiger partial charge on any atom is -0.384 e. The topological polar surface area (TPSA) is 20.2 Å². The lowest BCUT2D eigenvalue weighted by atomic mass is 9.96. The SMILES string of the molecule is Cc1ccc(C(O)c2ccc(Br)c(Cl)c2)c(C)c1. The van der Waals surface area contributed by atoms with E-state index in [1.807, 2.05) is 38.1 Å². The molecule has 0 saturated heterocycles. The molecular formula is C15H14BrClO. The first-order valence-electron chi connectivity index (χ1n) is 5.69. The quantitative estimate of drug-likeness (QED) is 0.841. The molecule has 0 saturated carbocycles. The third-order valence-electron chi connectivity index (χ3n) is 2.98. The maximum absolute atomic E-state index is 10.4. The number of rotatable bonds is 2. The molecule has 0 aliphatic carbocycles. The van der Waals surface area contributed by atoms with Gasteiger partial charge in [-0.15, -0.1) is 0 Å². The van der Waals surface area contributed by atoms with Gasteiger partial charge < -0.3 is 5.11 Å². The number of benzene rings is 2. The Morgan fingerprint density at radius 3 is 2.44 bits per heavy atom. The largest absolute Gasteiger partial charge is 0.384 e. The molecular weight excluding hydrogens is 312 g/mol. The van der Waals surface area contributed by atoms with Gasteiger partial charge in [-0.1, -0.05) is 41.4 Å². The molecule has 2 aromatic rings. The molecule has 0 aromatic heterocycles. The minimum atomic E-state index is -0.642. The van der Waals surface area contributed by atoms with Gasteiger partial charge >= 0.3 is 0 Å².